The maximum atomic E-state index is 9.00. The summed E-state index contributed by atoms with van der Waals surface area (Å²) < 4.78 is 5.22. The summed E-state index contributed by atoms with van der Waals surface area (Å²) in [6.45, 7) is 6.30. The van der Waals surface area contributed by atoms with E-state index < -0.39 is 5.97 Å². The average Bonchev–Trinajstić information content (AvgIpc) is 2.15. The number of carboxylic acids is 1. The number of hydrogen-bond acceptors (Lipinski definition) is 4. The molecule has 1 N–H and O–H groups in total. The number of nitrogens with zero attached hydrogens (tertiary/aromatic N) is 1. The highest BCUT2D eigenvalue weighted by Gasteiger charge is 2.08. The molecule has 0 aromatic rings. The second-order valence-electron chi connectivity index (χ2n) is 3.05. The zero-order valence-electron chi connectivity index (χ0n) is 8.61. The quantitative estimate of drug-likeness (QED) is 0.690. The van der Waals surface area contributed by atoms with Gasteiger partial charge in [0.05, 0.1) is 13.2 Å². The summed E-state index contributed by atoms with van der Waals surface area (Å²) in [5.41, 5.74) is 0. The van der Waals surface area contributed by atoms with Gasteiger partial charge in [-0.1, -0.05) is 0 Å². The Bertz CT molecular complexity index is 145. The third-order valence-corrected chi connectivity index (χ3v) is 2.05. The zero-order valence-corrected chi connectivity index (χ0v) is 9.50. The van der Waals surface area contributed by atoms with Crippen LogP contribution in [0.15, 0.2) is 0 Å². The van der Waals surface area contributed by atoms with E-state index in [2.05, 4.69) is 17.5 Å². The van der Waals surface area contributed by atoms with Gasteiger partial charge in [-0.2, -0.15) is 12.6 Å². The highest BCUT2D eigenvalue weighted by atomic mass is 32.1. The SMILES string of the molecule is CC(=O)O.SCCCN1CCOCC1. The van der Waals surface area contributed by atoms with Crippen LogP contribution in [-0.4, -0.2) is 54.6 Å². The maximum Gasteiger partial charge on any atom is 0.300 e. The predicted octanol–water partition coefficient (Wildman–Crippen LogP) is 0.729. The molecule has 0 spiro atoms. The number of morpholine rings is 1. The van der Waals surface area contributed by atoms with Gasteiger partial charge in [-0.05, 0) is 18.7 Å². The molecule has 5 heteroatoms. The van der Waals surface area contributed by atoms with Crippen LogP contribution in [0.1, 0.15) is 13.3 Å². The minimum atomic E-state index is -0.833. The largest absolute Gasteiger partial charge is 0.481 e. The Kier molecular flexibility index (Phi) is 9.13. The first kappa shape index (κ1) is 13.7. The van der Waals surface area contributed by atoms with Crippen molar-refractivity contribution in [1.29, 1.82) is 0 Å². The highest BCUT2D eigenvalue weighted by molar-refractivity contribution is 7.80. The van der Waals surface area contributed by atoms with Crippen LogP contribution in [0.25, 0.3) is 0 Å². The van der Waals surface area contributed by atoms with Gasteiger partial charge in [0.2, 0.25) is 0 Å². The van der Waals surface area contributed by atoms with E-state index >= 15 is 0 Å². The average molecular weight is 221 g/mol. The number of ether oxygens (including phenoxy) is 1. The Hall–Kier alpha value is -0.260. The molecular weight excluding hydrogens is 202 g/mol. The number of aliphatic carboxylic acids is 1. The normalized spacial score (nSPS) is 17.0. The van der Waals surface area contributed by atoms with E-state index in [4.69, 9.17) is 14.6 Å². The molecule has 0 unspecified atom stereocenters. The first-order valence-corrected chi connectivity index (χ1v) is 5.40. The van der Waals surface area contributed by atoms with Gasteiger partial charge in [0.25, 0.3) is 5.97 Å². The second-order valence-corrected chi connectivity index (χ2v) is 3.50. The van der Waals surface area contributed by atoms with Crippen molar-refractivity contribution < 1.29 is 14.6 Å². The summed E-state index contributed by atoms with van der Waals surface area (Å²) in [5, 5.41) is 7.42. The van der Waals surface area contributed by atoms with Gasteiger partial charge < -0.3 is 9.84 Å². The molecule has 14 heavy (non-hydrogen) atoms. The summed E-state index contributed by atoms with van der Waals surface area (Å²) in [5.74, 6) is 0.164. The minimum absolute atomic E-state index is 0.833. The van der Waals surface area contributed by atoms with Crippen LogP contribution in [0, 0.1) is 0 Å². The summed E-state index contributed by atoms with van der Waals surface area (Å²) in [6, 6.07) is 0. The van der Waals surface area contributed by atoms with Crippen LogP contribution in [0.4, 0.5) is 0 Å². The van der Waals surface area contributed by atoms with E-state index in [-0.39, 0.29) is 0 Å². The minimum Gasteiger partial charge on any atom is -0.481 e. The molecule has 0 aliphatic carbocycles. The molecule has 4 nitrogen and oxygen atoms in total. The molecule has 0 atom stereocenters. The molecule has 84 valence electrons. The van der Waals surface area contributed by atoms with E-state index in [1.807, 2.05) is 0 Å². The highest BCUT2D eigenvalue weighted by Crippen LogP contribution is 1.97. The van der Waals surface area contributed by atoms with Gasteiger partial charge in [0, 0.05) is 20.0 Å². The lowest BCUT2D eigenvalue weighted by atomic mass is 10.4. The van der Waals surface area contributed by atoms with E-state index in [0.717, 1.165) is 39.0 Å². The van der Waals surface area contributed by atoms with E-state index in [9.17, 15) is 0 Å². The van der Waals surface area contributed by atoms with Crippen LogP contribution in [0.2, 0.25) is 0 Å². The van der Waals surface area contributed by atoms with Crippen molar-refractivity contribution in [3.05, 3.63) is 0 Å². The van der Waals surface area contributed by atoms with Crippen molar-refractivity contribution in [3.63, 3.8) is 0 Å². The van der Waals surface area contributed by atoms with Gasteiger partial charge in [0.15, 0.2) is 0 Å². The first-order valence-electron chi connectivity index (χ1n) is 4.77. The van der Waals surface area contributed by atoms with Gasteiger partial charge in [-0.3, -0.25) is 9.69 Å². The zero-order chi connectivity index (χ0) is 10.8. The predicted molar refractivity (Wildman–Crippen MR) is 59.0 cm³/mol. The standard InChI is InChI=1S/C7H15NOS.C2H4O2/c10-7-1-2-8-3-5-9-6-4-8;1-2(3)4/h10H,1-7H2;1H3,(H,3,4). The van der Waals surface area contributed by atoms with Gasteiger partial charge in [0.1, 0.15) is 0 Å². The molecule has 0 aromatic heterocycles. The van der Waals surface area contributed by atoms with Gasteiger partial charge in [-0.15, -0.1) is 0 Å². The Labute approximate surface area is 90.6 Å². The van der Waals surface area contributed by atoms with Crippen molar-refractivity contribution in [2.75, 3.05) is 38.6 Å². The summed E-state index contributed by atoms with van der Waals surface area (Å²) in [4.78, 5) is 11.4. The first-order chi connectivity index (χ1) is 6.66. The molecular formula is C9H19NO3S. The molecule has 1 aliphatic rings. The van der Waals surface area contributed by atoms with Crippen molar-refractivity contribution in [2.45, 2.75) is 13.3 Å². The monoisotopic (exact) mass is 221 g/mol. The fourth-order valence-corrected chi connectivity index (χ4v) is 1.26. The Morgan fingerprint density at radius 2 is 2.00 bits per heavy atom. The molecule has 1 fully saturated rings. The maximum absolute atomic E-state index is 9.00. The number of hydrogen-bond donors (Lipinski definition) is 2. The number of carboxylic acid groups (broad SMARTS) is 1. The molecule has 0 radical (unpaired) electrons. The fourth-order valence-electron chi connectivity index (χ4n) is 1.12. The molecule has 1 aliphatic heterocycles. The number of carbonyl (C=O) groups is 1. The van der Waals surface area contributed by atoms with Crippen LogP contribution in [0.5, 0.6) is 0 Å². The van der Waals surface area contributed by atoms with Crippen LogP contribution >= 0.6 is 12.6 Å². The summed E-state index contributed by atoms with van der Waals surface area (Å²) in [6.07, 6.45) is 1.20. The number of rotatable bonds is 3. The molecule has 0 bridgehead atoms. The molecule has 1 heterocycles. The third-order valence-electron chi connectivity index (χ3n) is 1.74. The lowest BCUT2D eigenvalue weighted by Crippen LogP contribution is -2.36. The fraction of sp³-hybridized carbons (Fsp3) is 0.889. The molecule has 0 saturated carbocycles. The van der Waals surface area contributed by atoms with Gasteiger partial charge in [-0.25, -0.2) is 0 Å². The van der Waals surface area contributed by atoms with Crippen molar-refractivity contribution >= 4 is 18.6 Å². The van der Waals surface area contributed by atoms with Crippen LogP contribution < -0.4 is 0 Å². The Morgan fingerprint density at radius 3 is 2.43 bits per heavy atom. The van der Waals surface area contributed by atoms with Crippen molar-refractivity contribution in [3.8, 4) is 0 Å². The second kappa shape index (κ2) is 9.30. The topological polar surface area (TPSA) is 49.8 Å². The van der Waals surface area contributed by atoms with E-state index in [0.29, 0.717) is 0 Å². The molecule has 1 saturated heterocycles. The third kappa shape index (κ3) is 9.83. The summed E-state index contributed by atoms with van der Waals surface area (Å²) >= 11 is 4.16. The van der Waals surface area contributed by atoms with Gasteiger partial charge >= 0.3 is 0 Å². The lowest BCUT2D eigenvalue weighted by molar-refractivity contribution is -0.134. The van der Waals surface area contributed by atoms with Crippen LogP contribution in [-0.2, 0) is 9.53 Å². The van der Waals surface area contributed by atoms with Crippen LogP contribution in [0.3, 0.4) is 0 Å². The van der Waals surface area contributed by atoms with Crippen molar-refractivity contribution in [2.24, 2.45) is 0 Å². The molecule has 1 rings (SSSR count). The number of thiol groups is 1. The van der Waals surface area contributed by atoms with E-state index in [1.54, 1.807) is 0 Å². The molecule has 0 amide bonds. The Balaban J connectivity index is 0.000000364. The Morgan fingerprint density at radius 1 is 1.50 bits per heavy atom. The lowest BCUT2D eigenvalue weighted by Gasteiger charge is -2.26. The van der Waals surface area contributed by atoms with Crippen molar-refractivity contribution in [1.82, 2.24) is 4.90 Å². The molecule has 0 aromatic carbocycles. The smallest absolute Gasteiger partial charge is 0.300 e. The van der Waals surface area contributed by atoms with E-state index in [1.165, 1.54) is 13.0 Å². The summed E-state index contributed by atoms with van der Waals surface area (Å²) in [7, 11) is 0.